The van der Waals surface area contributed by atoms with Gasteiger partial charge in [0.15, 0.2) is 0 Å². The van der Waals surface area contributed by atoms with Gasteiger partial charge < -0.3 is 10.8 Å². The Hall–Kier alpha value is -0.830. The largest absolute Gasteiger partial charge is 0.507 e. The minimum absolute atomic E-state index is 0.293. The predicted octanol–water partition coefficient (Wildman–Crippen LogP) is 2.87. The van der Waals surface area contributed by atoms with E-state index in [0.717, 1.165) is 10.6 Å². The van der Waals surface area contributed by atoms with Gasteiger partial charge in [-0.25, -0.2) is 0 Å². The highest BCUT2D eigenvalue weighted by molar-refractivity contribution is 7.99. The molecule has 13 heavy (non-hydrogen) atoms. The summed E-state index contributed by atoms with van der Waals surface area (Å²) in [6, 6.07) is 5.27. The molecular weight excluding hydrogens is 182 g/mol. The third kappa shape index (κ3) is 3.19. The number of unbranched alkanes of at least 4 members (excludes halogenated alkanes) is 1. The van der Waals surface area contributed by atoms with Gasteiger partial charge in [0.2, 0.25) is 0 Å². The molecule has 1 rings (SSSR count). The number of aromatic hydroxyl groups is 1. The summed E-state index contributed by atoms with van der Waals surface area (Å²) in [5.74, 6) is 1.34. The van der Waals surface area contributed by atoms with Gasteiger partial charge in [0.05, 0.1) is 0 Å². The third-order valence-electron chi connectivity index (χ3n) is 1.74. The third-order valence-corrected chi connectivity index (χ3v) is 2.89. The number of thioether (sulfide) groups is 1. The first-order valence-electron chi connectivity index (χ1n) is 4.45. The Morgan fingerprint density at radius 1 is 1.46 bits per heavy atom. The molecule has 0 aliphatic heterocycles. The van der Waals surface area contributed by atoms with Crippen molar-refractivity contribution in [2.24, 2.45) is 0 Å². The van der Waals surface area contributed by atoms with Crippen molar-refractivity contribution >= 4 is 17.4 Å². The molecule has 3 heteroatoms. The smallest absolute Gasteiger partial charge is 0.131 e. The fourth-order valence-corrected chi connectivity index (χ4v) is 2.01. The van der Waals surface area contributed by atoms with Crippen LogP contribution in [-0.4, -0.2) is 10.9 Å². The summed E-state index contributed by atoms with van der Waals surface area (Å²) in [6.07, 6.45) is 2.36. The van der Waals surface area contributed by atoms with Gasteiger partial charge in [-0.1, -0.05) is 13.3 Å². The van der Waals surface area contributed by atoms with E-state index in [2.05, 4.69) is 6.92 Å². The summed E-state index contributed by atoms with van der Waals surface area (Å²) < 4.78 is 0. The van der Waals surface area contributed by atoms with E-state index in [9.17, 15) is 5.11 Å². The van der Waals surface area contributed by atoms with Gasteiger partial charge in [-0.05, 0) is 24.3 Å². The fourth-order valence-electron chi connectivity index (χ4n) is 0.983. The molecule has 0 fully saturated rings. The van der Waals surface area contributed by atoms with Crippen LogP contribution in [0, 0.1) is 0 Å². The van der Waals surface area contributed by atoms with E-state index in [0.29, 0.717) is 11.4 Å². The molecule has 0 spiro atoms. The second-order valence-electron chi connectivity index (χ2n) is 2.93. The summed E-state index contributed by atoms with van der Waals surface area (Å²) in [6.45, 7) is 2.16. The zero-order chi connectivity index (χ0) is 9.68. The van der Waals surface area contributed by atoms with Crippen molar-refractivity contribution in [3.63, 3.8) is 0 Å². The van der Waals surface area contributed by atoms with Gasteiger partial charge in [0, 0.05) is 16.6 Å². The maximum atomic E-state index is 9.49. The van der Waals surface area contributed by atoms with Crippen LogP contribution in [0.5, 0.6) is 5.75 Å². The molecule has 0 heterocycles. The monoisotopic (exact) mass is 197 g/mol. The molecule has 1 aromatic carbocycles. The van der Waals surface area contributed by atoms with Gasteiger partial charge in [-0.3, -0.25) is 0 Å². The molecule has 0 atom stereocenters. The van der Waals surface area contributed by atoms with Crippen LogP contribution in [0.15, 0.2) is 23.1 Å². The molecular formula is C10H15NOS. The van der Waals surface area contributed by atoms with Crippen molar-refractivity contribution in [3.05, 3.63) is 18.2 Å². The average molecular weight is 197 g/mol. The molecule has 3 N–H and O–H groups in total. The molecule has 0 saturated heterocycles. The first-order chi connectivity index (χ1) is 6.24. The lowest BCUT2D eigenvalue weighted by atomic mass is 10.3. The summed E-state index contributed by atoms with van der Waals surface area (Å²) in [5, 5.41) is 9.49. The van der Waals surface area contributed by atoms with Crippen LogP contribution in [-0.2, 0) is 0 Å². The van der Waals surface area contributed by atoms with E-state index < -0.39 is 0 Å². The van der Waals surface area contributed by atoms with Crippen LogP contribution in [0.4, 0.5) is 5.69 Å². The van der Waals surface area contributed by atoms with E-state index in [-0.39, 0.29) is 0 Å². The topological polar surface area (TPSA) is 46.2 Å². The maximum Gasteiger partial charge on any atom is 0.131 e. The zero-order valence-corrected chi connectivity index (χ0v) is 8.60. The molecule has 1 aromatic rings. The molecule has 2 nitrogen and oxygen atoms in total. The quantitative estimate of drug-likeness (QED) is 0.443. The first kappa shape index (κ1) is 10.3. The molecule has 0 saturated carbocycles. The van der Waals surface area contributed by atoms with Gasteiger partial charge >= 0.3 is 0 Å². The molecule has 0 amide bonds. The Labute approximate surface area is 83.1 Å². The van der Waals surface area contributed by atoms with Crippen LogP contribution in [0.25, 0.3) is 0 Å². The number of phenolic OH excluding ortho intramolecular Hbond substituents is 1. The number of phenols is 1. The standard InChI is InChI=1S/C10H15NOS/c1-2-3-6-13-10-5-4-8(11)7-9(10)12/h4-5,7,12H,2-3,6,11H2,1H3. The Morgan fingerprint density at radius 2 is 2.23 bits per heavy atom. The average Bonchev–Trinajstić information content (AvgIpc) is 2.09. The Balaban J connectivity index is 2.56. The van der Waals surface area contributed by atoms with E-state index in [4.69, 9.17) is 5.73 Å². The number of hydrogen-bond donors (Lipinski definition) is 2. The Kier molecular flexibility index (Phi) is 3.96. The summed E-state index contributed by atoms with van der Waals surface area (Å²) in [7, 11) is 0. The molecule has 0 aliphatic carbocycles. The lowest BCUT2D eigenvalue weighted by molar-refractivity contribution is 0.463. The second-order valence-corrected chi connectivity index (χ2v) is 4.07. The lowest BCUT2D eigenvalue weighted by Crippen LogP contribution is -1.85. The number of anilines is 1. The van der Waals surface area contributed by atoms with Gasteiger partial charge in [-0.15, -0.1) is 11.8 Å². The van der Waals surface area contributed by atoms with E-state index in [1.165, 1.54) is 12.8 Å². The summed E-state index contributed by atoms with van der Waals surface area (Å²) in [5.41, 5.74) is 6.12. The minimum atomic E-state index is 0.293. The molecule has 0 aromatic heterocycles. The summed E-state index contributed by atoms with van der Waals surface area (Å²) >= 11 is 1.67. The van der Waals surface area contributed by atoms with E-state index in [1.54, 1.807) is 17.8 Å². The number of hydrogen-bond acceptors (Lipinski definition) is 3. The highest BCUT2D eigenvalue weighted by atomic mass is 32.2. The number of benzene rings is 1. The van der Waals surface area contributed by atoms with Crippen molar-refractivity contribution < 1.29 is 5.11 Å². The fraction of sp³-hybridized carbons (Fsp3) is 0.400. The molecule has 0 radical (unpaired) electrons. The van der Waals surface area contributed by atoms with Crippen LogP contribution in [0.3, 0.4) is 0 Å². The molecule has 72 valence electrons. The van der Waals surface area contributed by atoms with Crippen LogP contribution < -0.4 is 5.73 Å². The van der Waals surface area contributed by atoms with Gasteiger partial charge in [-0.2, -0.15) is 0 Å². The molecule has 0 aliphatic rings. The zero-order valence-electron chi connectivity index (χ0n) is 7.79. The van der Waals surface area contributed by atoms with E-state index >= 15 is 0 Å². The normalized spacial score (nSPS) is 10.2. The van der Waals surface area contributed by atoms with Crippen LogP contribution >= 0.6 is 11.8 Å². The number of rotatable bonds is 4. The molecule has 0 unspecified atom stereocenters. The van der Waals surface area contributed by atoms with Gasteiger partial charge in [0.25, 0.3) is 0 Å². The number of nitrogen functional groups attached to an aromatic ring is 1. The Morgan fingerprint density at radius 3 is 2.85 bits per heavy atom. The highest BCUT2D eigenvalue weighted by Crippen LogP contribution is 2.30. The Bertz CT molecular complexity index is 276. The SMILES string of the molecule is CCCCSc1ccc(N)cc1O. The van der Waals surface area contributed by atoms with Crippen molar-refractivity contribution in [3.8, 4) is 5.75 Å². The van der Waals surface area contributed by atoms with Crippen molar-refractivity contribution in [2.75, 3.05) is 11.5 Å². The van der Waals surface area contributed by atoms with Gasteiger partial charge in [0.1, 0.15) is 5.75 Å². The maximum absolute atomic E-state index is 9.49. The second kappa shape index (κ2) is 5.02. The van der Waals surface area contributed by atoms with Crippen LogP contribution in [0.1, 0.15) is 19.8 Å². The predicted molar refractivity (Wildman–Crippen MR) is 58.2 cm³/mol. The lowest BCUT2D eigenvalue weighted by Gasteiger charge is -2.03. The van der Waals surface area contributed by atoms with E-state index in [1.807, 2.05) is 12.1 Å². The van der Waals surface area contributed by atoms with Crippen molar-refractivity contribution in [2.45, 2.75) is 24.7 Å². The minimum Gasteiger partial charge on any atom is -0.507 e. The first-order valence-corrected chi connectivity index (χ1v) is 5.44. The summed E-state index contributed by atoms with van der Waals surface area (Å²) in [4.78, 5) is 0.919. The number of nitrogens with two attached hydrogens (primary N) is 1. The van der Waals surface area contributed by atoms with Crippen molar-refractivity contribution in [1.82, 2.24) is 0 Å². The highest BCUT2D eigenvalue weighted by Gasteiger charge is 2.00. The molecule has 0 bridgehead atoms. The van der Waals surface area contributed by atoms with Crippen LogP contribution in [0.2, 0.25) is 0 Å². The van der Waals surface area contributed by atoms with Crippen molar-refractivity contribution in [1.29, 1.82) is 0 Å².